The van der Waals surface area contributed by atoms with Crippen LogP contribution in [0.15, 0.2) is 132 Å². The van der Waals surface area contributed by atoms with E-state index in [1.54, 1.807) is 0 Å². The van der Waals surface area contributed by atoms with E-state index in [0.717, 1.165) is 16.6 Å². The number of hydrogen-bond donors (Lipinski definition) is 0. The first kappa shape index (κ1) is 22.9. The highest BCUT2D eigenvalue weighted by atomic mass is 16.3. The van der Waals surface area contributed by atoms with E-state index in [0.29, 0.717) is 0 Å². The molecule has 0 amide bonds. The van der Waals surface area contributed by atoms with E-state index in [9.17, 15) is 0 Å². The van der Waals surface area contributed by atoms with Gasteiger partial charge in [0.05, 0.1) is 11.0 Å². The fraction of sp³-hybridized carbons (Fsp3) is 0.0526. The summed E-state index contributed by atoms with van der Waals surface area (Å²) in [6.07, 6.45) is 0. The van der Waals surface area contributed by atoms with Crippen LogP contribution in [-0.4, -0.2) is 4.57 Å². The number of nitrogens with zero attached hydrogens (tertiary/aromatic N) is 1. The monoisotopic (exact) mass is 513 g/mol. The molecule has 8 rings (SSSR count). The van der Waals surface area contributed by atoms with Crippen molar-refractivity contribution in [3.05, 3.63) is 139 Å². The van der Waals surface area contributed by atoms with Crippen molar-refractivity contribution in [2.24, 2.45) is 0 Å². The van der Waals surface area contributed by atoms with Crippen LogP contribution in [0.25, 0.3) is 71.7 Å². The minimum Gasteiger partial charge on any atom is -0.456 e. The number of aryl methyl sites for hydroxylation is 2. The number of benzene rings is 6. The summed E-state index contributed by atoms with van der Waals surface area (Å²) in [6, 6.07) is 45.9. The van der Waals surface area contributed by atoms with E-state index in [1.807, 2.05) is 18.2 Å². The molecular weight excluding hydrogens is 486 g/mol. The number of fused-ring (bicyclic) bond motifs is 6. The molecule has 0 spiro atoms. The molecule has 6 aromatic carbocycles. The maximum Gasteiger partial charge on any atom is 0.136 e. The van der Waals surface area contributed by atoms with Crippen molar-refractivity contribution in [1.82, 2.24) is 4.57 Å². The molecule has 0 aliphatic rings. The second-order valence-electron chi connectivity index (χ2n) is 10.8. The van der Waals surface area contributed by atoms with Crippen LogP contribution in [0.2, 0.25) is 0 Å². The van der Waals surface area contributed by atoms with Crippen LogP contribution in [0, 0.1) is 13.8 Å². The van der Waals surface area contributed by atoms with Crippen molar-refractivity contribution in [1.29, 1.82) is 0 Å². The Bertz CT molecular complexity index is 2150. The van der Waals surface area contributed by atoms with Gasteiger partial charge in [0.1, 0.15) is 11.2 Å². The molecule has 0 N–H and O–H groups in total. The topological polar surface area (TPSA) is 18.1 Å². The summed E-state index contributed by atoms with van der Waals surface area (Å²) in [6.45, 7) is 4.33. The van der Waals surface area contributed by atoms with Crippen molar-refractivity contribution in [2.75, 3.05) is 0 Å². The van der Waals surface area contributed by atoms with Crippen molar-refractivity contribution >= 4 is 43.7 Å². The van der Waals surface area contributed by atoms with Crippen LogP contribution in [0.1, 0.15) is 11.1 Å². The van der Waals surface area contributed by atoms with E-state index in [-0.39, 0.29) is 0 Å². The zero-order valence-corrected chi connectivity index (χ0v) is 22.5. The van der Waals surface area contributed by atoms with Gasteiger partial charge in [-0.3, -0.25) is 0 Å². The molecule has 0 bridgehead atoms. The summed E-state index contributed by atoms with van der Waals surface area (Å²) in [5.41, 5.74) is 12.9. The number of rotatable bonds is 3. The summed E-state index contributed by atoms with van der Waals surface area (Å²) in [5.74, 6) is 0. The largest absolute Gasteiger partial charge is 0.456 e. The summed E-state index contributed by atoms with van der Waals surface area (Å²) in [4.78, 5) is 0. The third-order valence-electron chi connectivity index (χ3n) is 8.13. The summed E-state index contributed by atoms with van der Waals surface area (Å²) in [5, 5.41) is 4.94. The Hall–Kier alpha value is -5.08. The summed E-state index contributed by atoms with van der Waals surface area (Å²) in [7, 11) is 0. The minimum atomic E-state index is 0.925. The maximum atomic E-state index is 6.11. The molecule has 190 valence electrons. The molecule has 2 aromatic heterocycles. The van der Waals surface area contributed by atoms with E-state index in [1.165, 1.54) is 66.3 Å². The zero-order chi connectivity index (χ0) is 26.8. The number of para-hydroxylation sites is 1. The van der Waals surface area contributed by atoms with Gasteiger partial charge in [-0.15, -0.1) is 0 Å². The molecule has 0 fully saturated rings. The zero-order valence-electron chi connectivity index (χ0n) is 22.5. The van der Waals surface area contributed by atoms with Gasteiger partial charge in [-0.2, -0.15) is 0 Å². The van der Waals surface area contributed by atoms with Crippen molar-refractivity contribution in [2.45, 2.75) is 13.8 Å². The van der Waals surface area contributed by atoms with Crippen molar-refractivity contribution in [3.8, 4) is 27.9 Å². The fourth-order valence-corrected chi connectivity index (χ4v) is 6.19. The lowest BCUT2D eigenvalue weighted by Gasteiger charge is -2.10. The van der Waals surface area contributed by atoms with Gasteiger partial charge in [0.2, 0.25) is 0 Å². The summed E-state index contributed by atoms with van der Waals surface area (Å²) < 4.78 is 8.49. The highest BCUT2D eigenvalue weighted by Crippen LogP contribution is 2.38. The molecule has 0 saturated heterocycles. The Morgan fingerprint density at radius 1 is 0.475 bits per heavy atom. The lowest BCUT2D eigenvalue weighted by Crippen LogP contribution is -1.94. The number of furan rings is 1. The van der Waals surface area contributed by atoms with Crippen LogP contribution in [0.5, 0.6) is 0 Å². The van der Waals surface area contributed by atoms with Crippen LogP contribution in [0.4, 0.5) is 0 Å². The van der Waals surface area contributed by atoms with Crippen LogP contribution >= 0.6 is 0 Å². The molecular formula is C38H27NO. The standard InChI is InChI=1S/C38H27NO/c1-24-10-20-34-32(22-24)33-23-25(2)11-21-35(33)39(34)29-18-16-27(17-19-29)26-12-14-28(15-13-26)30-7-5-9-37-38(30)31-6-3-4-8-36(31)40-37/h3-23H,1-2H3. The molecule has 8 aromatic rings. The molecule has 0 aliphatic carbocycles. The van der Waals surface area contributed by atoms with Gasteiger partial charge < -0.3 is 8.98 Å². The molecule has 0 saturated carbocycles. The van der Waals surface area contributed by atoms with Crippen molar-refractivity contribution < 1.29 is 4.42 Å². The van der Waals surface area contributed by atoms with Gasteiger partial charge in [-0.05, 0) is 84.6 Å². The van der Waals surface area contributed by atoms with Gasteiger partial charge in [0, 0.05) is 27.2 Å². The average Bonchev–Trinajstić information content (AvgIpc) is 3.52. The Morgan fingerprint density at radius 2 is 1.05 bits per heavy atom. The predicted octanol–water partition coefficient (Wildman–Crippen LogP) is 10.6. The Morgan fingerprint density at radius 3 is 1.73 bits per heavy atom. The van der Waals surface area contributed by atoms with Crippen LogP contribution in [0.3, 0.4) is 0 Å². The average molecular weight is 514 g/mol. The number of aromatic nitrogens is 1. The predicted molar refractivity (Wildman–Crippen MR) is 168 cm³/mol. The van der Waals surface area contributed by atoms with Gasteiger partial charge in [-0.1, -0.05) is 90.0 Å². The van der Waals surface area contributed by atoms with E-state index < -0.39 is 0 Å². The van der Waals surface area contributed by atoms with Crippen LogP contribution in [-0.2, 0) is 0 Å². The van der Waals surface area contributed by atoms with Gasteiger partial charge in [0.25, 0.3) is 0 Å². The number of hydrogen-bond acceptors (Lipinski definition) is 1. The van der Waals surface area contributed by atoms with E-state index in [4.69, 9.17) is 4.42 Å². The second kappa shape index (κ2) is 8.72. The Labute approximate surface area is 232 Å². The summed E-state index contributed by atoms with van der Waals surface area (Å²) >= 11 is 0. The first-order valence-corrected chi connectivity index (χ1v) is 13.8. The van der Waals surface area contributed by atoms with E-state index in [2.05, 4.69) is 128 Å². The third kappa shape index (κ3) is 3.50. The van der Waals surface area contributed by atoms with Crippen molar-refractivity contribution in [3.63, 3.8) is 0 Å². The lowest BCUT2D eigenvalue weighted by molar-refractivity contribution is 0.669. The molecule has 0 aliphatic heterocycles. The highest BCUT2D eigenvalue weighted by molar-refractivity contribution is 6.12. The van der Waals surface area contributed by atoms with Gasteiger partial charge in [-0.25, -0.2) is 0 Å². The lowest BCUT2D eigenvalue weighted by atomic mass is 9.97. The highest BCUT2D eigenvalue weighted by Gasteiger charge is 2.14. The van der Waals surface area contributed by atoms with E-state index >= 15 is 0 Å². The Balaban J connectivity index is 1.18. The molecule has 40 heavy (non-hydrogen) atoms. The second-order valence-corrected chi connectivity index (χ2v) is 10.8. The van der Waals surface area contributed by atoms with Crippen LogP contribution < -0.4 is 0 Å². The third-order valence-corrected chi connectivity index (χ3v) is 8.13. The normalized spacial score (nSPS) is 11.8. The maximum absolute atomic E-state index is 6.11. The molecule has 0 unspecified atom stereocenters. The fourth-order valence-electron chi connectivity index (χ4n) is 6.19. The molecule has 2 heterocycles. The molecule has 0 radical (unpaired) electrons. The molecule has 2 heteroatoms. The molecule has 2 nitrogen and oxygen atoms in total. The quantitative estimate of drug-likeness (QED) is 0.230. The van der Waals surface area contributed by atoms with Gasteiger partial charge >= 0.3 is 0 Å². The van der Waals surface area contributed by atoms with Gasteiger partial charge in [0.15, 0.2) is 0 Å². The minimum absolute atomic E-state index is 0.925. The smallest absolute Gasteiger partial charge is 0.136 e. The first-order valence-electron chi connectivity index (χ1n) is 13.8. The molecule has 0 atom stereocenters. The Kier molecular flexibility index (Phi) is 4.99. The first-order chi connectivity index (χ1) is 19.6. The SMILES string of the molecule is Cc1ccc2c(c1)c1cc(C)ccc1n2-c1ccc(-c2ccc(-c3cccc4oc5ccccc5c34)cc2)cc1.